The molecular weight excluding hydrogens is 991 g/mol. The van der Waals surface area contributed by atoms with Gasteiger partial charge in [0.25, 0.3) is 0 Å². The molecule has 0 saturated carbocycles. The van der Waals surface area contributed by atoms with E-state index in [-0.39, 0.29) is 24.5 Å². The molecule has 6 aromatic carbocycles. The number of aliphatic carboxylic acids is 1. The number of nitrogens with one attached hydrogen (secondary N) is 3. The van der Waals surface area contributed by atoms with Gasteiger partial charge in [-0.15, -0.1) is 23.5 Å². The number of carbonyl (C=O) groups is 4. The second-order valence-electron chi connectivity index (χ2n) is 19.1. The van der Waals surface area contributed by atoms with Crippen molar-refractivity contribution in [2.45, 2.75) is 79.4 Å². The molecule has 7 aromatic rings. The second-order valence-corrected chi connectivity index (χ2v) is 21.6. The van der Waals surface area contributed by atoms with E-state index in [9.17, 15) is 34.5 Å². The predicted octanol–water partition coefficient (Wildman–Crippen LogP) is 9.06. The third-order valence-electron chi connectivity index (χ3n) is 13.2. The van der Waals surface area contributed by atoms with E-state index in [1.807, 2.05) is 152 Å². The zero-order valence-corrected chi connectivity index (χ0v) is 44.7. The molecule has 6 N–H and O–H groups in total. The van der Waals surface area contributed by atoms with Gasteiger partial charge >= 0.3 is 5.97 Å². The first-order valence-corrected chi connectivity index (χ1v) is 27.5. The van der Waals surface area contributed by atoms with E-state index >= 15 is 0 Å². The molecule has 0 bridgehead atoms. The molecule has 5 atom stereocenters. The summed E-state index contributed by atoms with van der Waals surface area (Å²) in [6.07, 6.45) is 3.79. The van der Waals surface area contributed by atoms with Gasteiger partial charge in [-0.2, -0.15) is 0 Å². The smallest absolute Gasteiger partial charge is 0.306 e. The summed E-state index contributed by atoms with van der Waals surface area (Å²) < 4.78 is 0.316. The van der Waals surface area contributed by atoms with Gasteiger partial charge in [0.15, 0.2) is 0 Å². The minimum atomic E-state index is -1.43. The lowest BCUT2D eigenvalue weighted by Crippen LogP contribution is -2.58. The number of thioether (sulfide) groups is 2. The van der Waals surface area contributed by atoms with Crippen molar-refractivity contribution in [1.29, 1.82) is 0 Å². The quantitative estimate of drug-likeness (QED) is 0.0165. The van der Waals surface area contributed by atoms with Crippen molar-refractivity contribution < 1.29 is 34.5 Å². The van der Waals surface area contributed by atoms with Gasteiger partial charge < -0.3 is 35.8 Å². The van der Waals surface area contributed by atoms with Crippen LogP contribution in [0.25, 0.3) is 0 Å². The third kappa shape index (κ3) is 14.6. The molecule has 0 saturated heterocycles. The molecule has 14 heteroatoms. The minimum Gasteiger partial charge on any atom is -0.481 e. The molecule has 394 valence electrons. The summed E-state index contributed by atoms with van der Waals surface area (Å²) in [5, 5.41) is 40.6. The van der Waals surface area contributed by atoms with E-state index in [4.69, 9.17) is 0 Å². The Labute approximate surface area is 454 Å². The Kier molecular flexibility index (Phi) is 20.5. The van der Waals surface area contributed by atoms with Crippen LogP contribution in [-0.2, 0) is 42.1 Å². The number of allylic oxidation sites excluding steroid dienone is 1. The molecule has 0 aliphatic heterocycles. The van der Waals surface area contributed by atoms with Crippen molar-refractivity contribution in [3.8, 4) is 0 Å². The summed E-state index contributed by atoms with van der Waals surface area (Å²) in [5.41, 5.74) is 6.69. The van der Waals surface area contributed by atoms with E-state index in [1.54, 1.807) is 55.8 Å². The highest BCUT2D eigenvalue weighted by atomic mass is 32.2. The molecule has 1 aromatic heterocycles. The fourth-order valence-corrected chi connectivity index (χ4v) is 12.5. The van der Waals surface area contributed by atoms with Crippen LogP contribution in [0.4, 0.5) is 0 Å². The SMILES string of the molecule is CC(C)[C@@H](NC(=O)[C@@H](CSC(c1ccccc1)(c1ccccc1)c1ccccc1)NC(=O)[C@@H](Cc1cn(C)cn1)NC(=O)C[C@H](O)C=CCCSC(c1ccccc1)(c1ccccc1)c1ccccc1)[C@@H](O)CC(=O)O. The first-order chi connectivity index (χ1) is 36.8. The summed E-state index contributed by atoms with van der Waals surface area (Å²) in [5.74, 6) is -2.87. The molecule has 76 heavy (non-hydrogen) atoms. The van der Waals surface area contributed by atoms with Crippen molar-refractivity contribution >= 4 is 47.2 Å². The topological polar surface area (TPSA) is 183 Å². The van der Waals surface area contributed by atoms with Crippen molar-refractivity contribution in [2.75, 3.05) is 11.5 Å². The minimum absolute atomic E-state index is 0.00862. The number of aryl methyl sites for hydroxylation is 1. The van der Waals surface area contributed by atoms with Crippen molar-refractivity contribution in [3.05, 3.63) is 246 Å². The number of nitrogens with zero attached hydrogens (tertiary/aromatic N) is 2. The molecule has 0 aliphatic rings. The summed E-state index contributed by atoms with van der Waals surface area (Å²) in [7, 11) is 1.79. The van der Waals surface area contributed by atoms with Crippen LogP contribution < -0.4 is 16.0 Å². The van der Waals surface area contributed by atoms with Gasteiger partial charge in [-0.1, -0.05) is 208 Å². The number of benzene rings is 6. The lowest BCUT2D eigenvalue weighted by atomic mass is 9.84. The summed E-state index contributed by atoms with van der Waals surface area (Å²) in [6, 6.07) is 57.3. The Balaban J connectivity index is 1.12. The van der Waals surface area contributed by atoms with Crippen LogP contribution in [0.3, 0.4) is 0 Å². The zero-order valence-electron chi connectivity index (χ0n) is 43.0. The fourth-order valence-electron chi connectivity index (χ4n) is 9.51. The van der Waals surface area contributed by atoms with Crippen molar-refractivity contribution in [1.82, 2.24) is 25.5 Å². The summed E-state index contributed by atoms with van der Waals surface area (Å²) in [6.45, 7) is 3.53. The number of carboxylic acid groups (broad SMARTS) is 1. The standard InChI is InChI=1S/C62H67N5O7S2/c1-44(2)58(55(69)40-57(71)72)66-60(74)54(42-76-62(48-30-16-7-17-31-48,49-32-18-8-19-33-49)50-34-20-9-21-35-50)65-59(73)53(38-51-41-67(3)43-63-51)64-56(70)39-52(68)36-22-23-37-75-61(45-24-10-4-11-25-45,46-26-12-5-13-27-46)47-28-14-6-15-29-47/h4-22,24-36,41,43-44,52-55,58,68-69H,23,37-40,42H2,1-3H3,(H,64,70)(H,65,73)(H,66,74)(H,71,72)/t52-,53-,54-,55+,58-/m1/s1. The normalized spacial score (nSPS) is 13.8. The van der Waals surface area contributed by atoms with Crippen LogP contribution in [0.2, 0.25) is 0 Å². The van der Waals surface area contributed by atoms with Crippen LogP contribution in [0.1, 0.15) is 72.2 Å². The highest BCUT2D eigenvalue weighted by Crippen LogP contribution is 2.50. The van der Waals surface area contributed by atoms with Crippen LogP contribution >= 0.6 is 23.5 Å². The van der Waals surface area contributed by atoms with Crippen LogP contribution in [0.5, 0.6) is 0 Å². The van der Waals surface area contributed by atoms with E-state index in [2.05, 4.69) is 57.3 Å². The average Bonchev–Trinajstić information content (AvgIpc) is 3.88. The Bertz CT molecular complexity index is 2750. The number of rotatable bonds is 27. The molecule has 3 amide bonds. The maximum atomic E-state index is 14.8. The number of aliphatic hydroxyl groups excluding tert-OH is 2. The molecular formula is C62H67N5O7S2. The van der Waals surface area contributed by atoms with Crippen LogP contribution in [-0.4, -0.2) is 90.4 Å². The lowest BCUT2D eigenvalue weighted by Gasteiger charge is -2.37. The maximum Gasteiger partial charge on any atom is 0.306 e. The monoisotopic (exact) mass is 1060 g/mol. The summed E-state index contributed by atoms with van der Waals surface area (Å²) in [4.78, 5) is 59.6. The molecule has 1 heterocycles. The third-order valence-corrected chi connectivity index (χ3v) is 16.4. The molecule has 0 aliphatic carbocycles. The lowest BCUT2D eigenvalue weighted by molar-refractivity contribution is -0.140. The van der Waals surface area contributed by atoms with Gasteiger partial charge in [0.1, 0.15) is 12.1 Å². The maximum absolute atomic E-state index is 14.8. The van der Waals surface area contributed by atoms with Crippen LogP contribution in [0, 0.1) is 5.92 Å². The molecule has 0 radical (unpaired) electrons. The van der Waals surface area contributed by atoms with Gasteiger partial charge in [0.2, 0.25) is 17.7 Å². The van der Waals surface area contributed by atoms with Crippen LogP contribution in [0.15, 0.2) is 207 Å². The number of hydrogen-bond acceptors (Lipinski definition) is 9. The average molecular weight is 1060 g/mol. The molecule has 0 fully saturated rings. The van der Waals surface area contributed by atoms with Gasteiger partial charge in [0, 0.05) is 25.4 Å². The van der Waals surface area contributed by atoms with E-state index in [1.165, 1.54) is 11.8 Å². The molecule has 12 nitrogen and oxygen atoms in total. The highest BCUT2D eigenvalue weighted by molar-refractivity contribution is 8.00. The number of hydrogen-bond donors (Lipinski definition) is 6. The predicted molar refractivity (Wildman–Crippen MR) is 304 cm³/mol. The Morgan fingerprint density at radius 3 is 1.41 bits per heavy atom. The van der Waals surface area contributed by atoms with E-state index in [0.29, 0.717) is 17.9 Å². The summed E-state index contributed by atoms with van der Waals surface area (Å²) >= 11 is 3.23. The zero-order chi connectivity index (χ0) is 53.9. The number of aromatic nitrogens is 2. The Hall–Kier alpha value is -7.23. The van der Waals surface area contributed by atoms with E-state index in [0.717, 1.165) is 33.4 Å². The number of carbonyl (C=O) groups excluding carboxylic acids is 3. The fraction of sp³-hybridized carbons (Fsp3) is 0.274. The number of imidazole rings is 1. The molecule has 0 spiro atoms. The van der Waals surface area contributed by atoms with E-state index < -0.39 is 69.9 Å². The Morgan fingerprint density at radius 2 is 1.01 bits per heavy atom. The first-order valence-electron chi connectivity index (χ1n) is 25.5. The Morgan fingerprint density at radius 1 is 0.592 bits per heavy atom. The van der Waals surface area contributed by atoms with Gasteiger partial charge in [-0.05, 0) is 51.5 Å². The second kappa shape index (κ2) is 27.5. The van der Waals surface area contributed by atoms with Gasteiger partial charge in [-0.3, -0.25) is 19.2 Å². The van der Waals surface area contributed by atoms with Crippen molar-refractivity contribution in [3.63, 3.8) is 0 Å². The number of aliphatic hydroxyl groups is 2. The highest BCUT2D eigenvalue weighted by Gasteiger charge is 2.41. The number of carboxylic acids is 1. The first kappa shape index (κ1) is 56.5. The largest absolute Gasteiger partial charge is 0.481 e. The van der Waals surface area contributed by atoms with Gasteiger partial charge in [-0.25, -0.2) is 4.98 Å². The molecule has 0 unspecified atom stereocenters. The van der Waals surface area contributed by atoms with Crippen molar-refractivity contribution in [2.24, 2.45) is 13.0 Å². The molecule has 7 rings (SSSR count). The van der Waals surface area contributed by atoms with Gasteiger partial charge in [0.05, 0.1) is 52.6 Å². The number of amides is 3.